The first-order chi connectivity index (χ1) is 7.35. The maximum absolute atomic E-state index is 11.8. The molecule has 0 aliphatic carbocycles. The molecule has 1 aliphatic rings. The van der Waals surface area contributed by atoms with Crippen LogP contribution in [0, 0.1) is 5.41 Å². The van der Waals surface area contributed by atoms with Gasteiger partial charge in [0, 0.05) is 12.8 Å². The Labute approximate surface area is 96.6 Å². The number of imide groups is 1. The number of β-amino-alcohol motifs (C(OH)–C–C–N with tert-alkyl or cyclic N) is 1. The van der Waals surface area contributed by atoms with E-state index in [1.807, 2.05) is 20.8 Å². The first kappa shape index (κ1) is 13.2. The third-order valence-electron chi connectivity index (χ3n) is 2.88. The lowest BCUT2D eigenvalue weighted by Crippen LogP contribution is -2.48. The van der Waals surface area contributed by atoms with Gasteiger partial charge < -0.3 is 5.11 Å². The Bertz CT molecular complexity index is 266. The van der Waals surface area contributed by atoms with E-state index in [9.17, 15) is 14.7 Å². The van der Waals surface area contributed by atoms with E-state index < -0.39 is 6.10 Å². The minimum absolute atomic E-state index is 0.154. The van der Waals surface area contributed by atoms with E-state index in [4.69, 9.17) is 0 Å². The fraction of sp³-hybridized carbons (Fsp3) is 0.833. The molecule has 1 heterocycles. The van der Waals surface area contributed by atoms with Gasteiger partial charge in [0.05, 0.1) is 12.6 Å². The number of aliphatic hydroxyl groups excluding tert-OH is 1. The van der Waals surface area contributed by atoms with Crippen LogP contribution in [0.2, 0.25) is 0 Å². The second kappa shape index (κ2) is 4.95. The fourth-order valence-electron chi connectivity index (χ4n) is 2.05. The molecule has 16 heavy (non-hydrogen) atoms. The van der Waals surface area contributed by atoms with Crippen LogP contribution in [0.3, 0.4) is 0 Å². The summed E-state index contributed by atoms with van der Waals surface area (Å²) >= 11 is 0. The summed E-state index contributed by atoms with van der Waals surface area (Å²) in [5, 5.41) is 9.62. The normalized spacial score (nSPS) is 22.4. The molecule has 1 aliphatic heterocycles. The average molecular weight is 227 g/mol. The van der Waals surface area contributed by atoms with Crippen molar-refractivity contribution in [1.29, 1.82) is 0 Å². The number of carbonyl (C=O) groups is 2. The number of aliphatic hydroxyl groups is 1. The number of piperidine rings is 1. The third kappa shape index (κ3) is 3.30. The molecule has 0 aromatic rings. The van der Waals surface area contributed by atoms with Crippen LogP contribution in [-0.2, 0) is 9.59 Å². The molecule has 1 saturated heterocycles. The van der Waals surface area contributed by atoms with Gasteiger partial charge >= 0.3 is 0 Å². The van der Waals surface area contributed by atoms with Gasteiger partial charge in [0.25, 0.3) is 0 Å². The van der Waals surface area contributed by atoms with Crippen LogP contribution in [0.25, 0.3) is 0 Å². The van der Waals surface area contributed by atoms with Gasteiger partial charge in [-0.2, -0.15) is 0 Å². The highest BCUT2D eigenvalue weighted by molar-refractivity contribution is 5.98. The molecule has 4 nitrogen and oxygen atoms in total. The van der Waals surface area contributed by atoms with Gasteiger partial charge in [-0.1, -0.05) is 27.2 Å². The second-order valence-corrected chi connectivity index (χ2v) is 5.36. The van der Waals surface area contributed by atoms with Crippen LogP contribution in [-0.4, -0.2) is 34.5 Å². The van der Waals surface area contributed by atoms with Crippen molar-refractivity contribution in [3.63, 3.8) is 0 Å². The second-order valence-electron chi connectivity index (χ2n) is 5.36. The predicted molar refractivity (Wildman–Crippen MR) is 60.6 cm³/mol. The van der Waals surface area contributed by atoms with Gasteiger partial charge in [0.2, 0.25) is 11.8 Å². The van der Waals surface area contributed by atoms with E-state index in [0.29, 0.717) is 19.3 Å². The zero-order chi connectivity index (χ0) is 12.3. The monoisotopic (exact) mass is 227 g/mol. The molecule has 0 bridgehead atoms. The Kier molecular flexibility index (Phi) is 4.08. The molecular weight excluding hydrogens is 206 g/mol. The zero-order valence-electron chi connectivity index (χ0n) is 10.3. The van der Waals surface area contributed by atoms with Crippen LogP contribution in [0.1, 0.15) is 46.5 Å². The number of likely N-dealkylation sites (tertiary alicyclic amines) is 1. The summed E-state index contributed by atoms with van der Waals surface area (Å²) in [6.07, 6.45) is 1.66. The smallest absolute Gasteiger partial charge is 0.229 e. The van der Waals surface area contributed by atoms with Crippen molar-refractivity contribution in [2.75, 3.05) is 6.54 Å². The maximum atomic E-state index is 11.8. The van der Waals surface area contributed by atoms with E-state index >= 15 is 0 Å². The van der Waals surface area contributed by atoms with E-state index in [0.717, 1.165) is 6.42 Å². The summed E-state index contributed by atoms with van der Waals surface area (Å²) < 4.78 is 0. The van der Waals surface area contributed by atoms with Crippen LogP contribution in [0.5, 0.6) is 0 Å². The summed E-state index contributed by atoms with van der Waals surface area (Å²) in [6.45, 7) is 5.96. The van der Waals surface area contributed by atoms with Gasteiger partial charge in [-0.05, 0) is 11.8 Å². The summed E-state index contributed by atoms with van der Waals surface area (Å²) in [5.41, 5.74) is -0.236. The van der Waals surface area contributed by atoms with Gasteiger partial charge in [0.1, 0.15) is 0 Å². The number of rotatable bonds is 4. The Hall–Kier alpha value is -0.900. The molecule has 2 amide bonds. The van der Waals surface area contributed by atoms with Crippen molar-refractivity contribution in [1.82, 2.24) is 4.90 Å². The largest absolute Gasteiger partial charge is 0.391 e. The number of nitrogens with zero attached hydrogens (tertiary/aromatic N) is 1. The molecule has 1 atom stereocenters. The van der Waals surface area contributed by atoms with Crippen molar-refractivity contribution in [3.05, 3.63) is 0 Å². The quantitative estimate of drug-likeness (QED) is 0.737. The SMILES string of the molecule is CCCC(O)CN1C(=O)CC(C)(C)CC1=O. The van der Waals surface area contributed by atoms with Crippen LogP contribution in [0.15, 0.2) is 0 Å². The fourth-order valence-corrected chi connectivity index (χ4v) is 2.05. The molecule has 1 rings (SSSR count). The molecule has 1 N–H and O–H groups in total. The predicted octanol–water partition coefficient (Wildman–Crippen LogP) is 1.32. The average Bonchev–Trinajstić information content (AvgIpc) is 2.10. The van der Waals surface area contributed by atoms with Crippen molar-refractivity contribution >= 4 is 11.8 Å². The topological polar surface area (TPSA) is 57.6 Å². The molecular formula is C12H21NO3. The van der Waals surface area contributed by atoms with Gasteiger partial charge in [0.15, 0.2) is 0 Å². The Balaban J connectivity index is 2.61. The highest BCUT2D eigenvalue weighted by atomic mass is 16.3. The molecule has 4 heteroatoms. The molecule has 92 valence electrons. The maximum Gasteiger partial charge on any atom is 0.229 e. The lowest BCUT2D eigenvalue weighted by Gasteiger charge is -2.35. The Morgan fingerprint density at radius 3 is 2.25 bits per heavy atom. The molecule has 0 spiro atoms. The molecule has 0 aromatic carbocycles. The molecule has 1 fully saturated rings. The third-order valence-corrected chi connectivity index (χ3v) is 2.88. The van der Waals surface area contributed by atoms with Crippen molar-refractivity contribution < 1.29 is 14.7 Å². The van der Waals surface area contributed by atoms with E-state index in [-0.39, 0.29) is 23.8 Å². The minimum atomic E-state index is -0.584. The summed E-state index contributed by atoms with van der Waals surface area (Å²) in [4.78, 5) is 24.7. The minimum Gasteiger partial charge on any atom is -0.391 e. The van der Waals surface area contributed by atoms with E-state index in [2.05, 4.69) is 0 Å². The van der Waals surface area contributed by atoms with E-state index in [1.54, 1.807) is 0 Å². The van der Waals surface area contributed by atoms with Crippen LogP contribution in [0.4, 0.5) is 0 Å². The highest BCUT2D eigenvalue weighted by Crippen LogP contribution is 2.31. The van der Waals surface area contributed by atoms with Crippen LogP contribution >= 0.6 is 0 Å². The first-order valence-electron chi connectivity index (χ1n) is 5.87. The van der Waals surface area contributed by atoms with Gasteiger partial charge in [-0.25, -0.2) is 0 Å². The van der Waals surface area contributed by atoms with Crippen molar-refractivity contribution in [3.8, 4) is 0 Å². The summed E-state index contributed by atoms with van der Waals surface area (Å²) in [6, 6.07) is 0. The van der Waals surface area contributed by atoms with Crippen molar-refractivity contribution in [2.45, 2.75) is 52.6 Å². The molecule has 0 radical (unpaired) electrons. The summed E-state index contributed by atoms with van der Waals surface area (Å²) in [5.74, 6) is -0.312. The van der Waals surface area contributed by atoms with Gasteiger partial charge in [-0.15, -0.1) is 0 Å². The lowest BCUT2D eigenvalue weighted by molar-refractivity contribution is -0.154. The molecule has 0 aromatic heterocycles. The zero-order valence-corrected chi connectivity index (χ0v) is 10.3. The highest BCUT2D eigenvalue weighted by Gasteiger charge is 2.37. The molecule has 1 unspecified atom stereocenters. The lowest BCUT2D eigenvalue weighted by atomic mass is 9.81. The molecule has 0 saturated carbocycles. The van der Waals surface area contributed by atoms with Crippen molar-refractivity contribution in [2.24, 2.45) is 5.41 Å². The number of carbonyl (C=O) groups excluding carboxylic acids is 2. The Morgan fingerprint density at radius 2 is 1.81 bits per heavy atom. The number of hydrogen-bond acceptors (Lipinski definition) is 3. The standard InChI is InChI=1S/C12H21NO3/c1-4-5-9(14)8-13-10(15)6-12(2,3)7-11(13)16/h9,14H,4-8H2,1-3H3. The first-order valence-corrected chi connectivity index (χ1v) is 5.87. The number of amides is 2. The van der Waals surface area contributed by atoms with E-state index in [1.165, 1.54) is 4.90 Å². The van der Waals surface area contributed by atoms with Crippen LogP contribution < -0.4 is 0 Å². The number of hydrogen-bond donors (Lipinski definition) is 1. The van der Waals surface area contributed by atoms with Gasteiger partial charge in [-0.3, -0.25) is 14.5 Å². The summed E-state index contributed by atoms with van der Waals surface area (Å²) in [7, 11) is 0. The Morgan fingerprint density at radius 1 is 1.31 bits per heavy atom.